The Bertz CT molecular complexity index is 1040. The van der Waals surface area contributed by atoms with Gasteiger partial charge in [0.15, 0.2) is 17.7 Å². The molecule has 3 rings (SSSR count). The summed E-state index contributed by atoms with van der Waals surface area (Å²) in [4.78, 5) is 12.7. The van der Waals surface area contributed by atoms with Crippen molar-refractivity contribution in [2.24, 2.45) is 0 Å². The zero-order chi connectivity index (χ0) is 21.2. The van der Waals surface area contributed by atoms with E-state index in [1.165, 1.54) is 10.9 Å². The summed E-state index contributed by atoms with van der Waals surface area (Å²) in [5, 5.41) is 20.7. The Morgan fingerprint density at radius 3 is 2.79 bits per heavy atom. The summed E-state index contributed by atoms with van der Waals surface area (Å²) in [6.45, 7) is 1.88. The number of nitrogens with two attached hydrogens (primary N) is 1. The minimum Gasteiger partial charge on any atom is -0.387 e. The molecule has 1 fully saturated rings. The summed E-state index contributed by atoms with van der Waals surface area (Å²) in [6, 6.07) is 0. The minimum atomic E-state index is -3.48. The summed E-state index contributed by atoms with van der Waals surface area (Å²) >= 11 is 0. The number of unbranched alkanes of at least 4 members (excludes halogenated alkanes) is 2. The molecule has 2 aromatic rings. The highest BCUT2D eigenvalue weighted by molar-refractivity contribution is 7.88. The van der Waals surface area contributed by atoms with Crippen molar-refractivity contribution in [2.75, 3.05) is 18.5 Å². The molecule has 1 saturated heterocycles. The highest BCUT2D eigenvalue weighted by Gasteiger charge is 2.44. The van der Waals surface area contributed by atoms with E-state index in [1.54, 1.807) is 0 Å². The van der Waals surface area contributed by atoms with E-state index in [1.807, 2.05) is 0 Å². The molecule has 1 aliphatic rings. The molecule has 0 aliphatic carbocycles. The molecular formula is C17H24N6O5S. The maximum absolute atomic E-state index is 11.3. The van der Waals surface area contributed by atoms with Crippen molar-refractivity contribution in [1.82, 2.24) is 24.2 Å². The minimum absolute atomic E-state index is 0.136. The van der Waals surface area contributed by atoms with E-state index in [0.29, 0.717) is 17.6 Å². The first-order valence-electron chi connectivity index (χ1n) is 9.16. The Hall–Kier alpha value is -2.30. The van der Waals surface area contributed by atoms with Crippen LogP contribution in [0.1, 0.15) is 38.2 Å². The second-order valence-corrected chi connectivity index (χ2v) is 8.66. The van der Waals surface area contributed by atoms with Crippen LogP contribution in [0.2, 0.25) is 0 Å². The summed E-state index contributed by atoms with van der Waals surface area (Å²) < 4.78 is 32.0. The number of hydrogen-bond acceptors (Lipinski definition) is 9. The highest BCUT2D eigenvalue weighted by Crippen LogP contribution is 2.32. The number of nitrogens with zero attached hydrogens (tertiary/aromatic N) is 4. The van der Waals surface area contributed by atoms with Gasteiger partial charge >= 0.3 is 0 Å². The van der Waals surface area contributed by atoms with Crippen molar-refractivity contribution in [3.8, 4) is 11.8 Å². The second kappa shape index (κ2) is 8.60. The van der Waals surface area contributed by atoms with Gasteiger partial charge in [0.25, 0.3) is 0 Å². The molecule has 0 unspecified atom stereocenters. The van der Waals surface area contributed by atoms with Gasteiger partial charge in [0.05, 0.1) is 12.6 Å². The van der Waals surface area contributed by atoms with E-state index in [2.05, 4.69) is 38.4 Å². The number of aliphatic hydroxyl groups is 2. The smallest absolute Gasteiger partial charge is 0.208 e. The molecule has 1 aliphatic heterocycles. The van der Waals surface area contributed by atoms with Crippen molar-refractivity contribution in [3.63, 3.8) is 0 Å². The average molecular weight is 424 g/mol. The van der Waals surface area contributed by atoms with Gasteiger partial charge in [-0.05, 0) is 12.3 Å². The number of sulfonamides is 1. The van der Waals surface area contributed by atoms with E-state index in [0.717, 1.165) is 19.1 Å². The third-order valence-electron chi connectivity index (χ3n) is 4.46. The highest BCUT2D eigenvalue weighted by atomic mass is 32.2. The Kier molecular flexibility index (Phi) is 6.35. The van der Waals surface area contributed by atoms with Gasteiger partial charge in [0.2, 0.25) is 15.8 Å². The Labute approximate surface area is 168 Å². The van der Waals surface area contributed by atoms with Crippen molar-refractivity contribution >= 4 is 27.0 Å². The van der Waals surface area contributed by atoms with E-state index < -0.39 is 34.6 Å². The van der Waals surface area contributed by atoms with Gasteiger partial charge in [-0.3, -0.25) is 4.57 Å². The molecular weight excluding hydrogens is 400 g/mol. The molecule has 4 atom stereocenters. The van der Waals surface area contributed by atoms with E-state index in [-0.39, 0.29) is 18.2 Å². The number of hydrogen-bond donors (Lipinski definition) is 4. The predicted octanol–water partition coefficient (Wildman–Crippen LogP) is -0.881. The molecule has 11 nitrogen and oxygen atoms in total. The molecule has 3 heterocycles. The number of aliphatic hydroxyl groups excluding tert-OH is 2. The third kappa shape index (κ3) is 4.82. The molecule has 0 bridgehead atoms. The van der Waals surface area contributed by atoms with Crippen molar-refractivity contribution in [2.45, 2.75) is 50.7 Å². The predicted molar refractivity (Wildman–Crippen MR) is 105 cm³/mol. The summed E-state index contributed by atoms with van der Waals surface area (Å²) in [5.41, 5.74) is 6.57. The quantitative estimate of drug-likeness (QED) is 0.340. The van der Waals surface area contributed by atoms with E-state index in [4.69, 9.17) is 10.5 Å². The monoisotopic (exact) mass is 424 g/mol. The molecule has 0 amide bonds. The zero-order valence-electron chi connectivity index (χ0n) is 16.1. The van der Waals surface area contributed by atoms with Crippen LogP contribution in [0.25, 0.3) is 11.2 Å². The van der Waals surface area contributed by atoms with Gasteiger partial charge in [-0.15, -0.1) is 0 Å². The Morgan fingerprint density at radius 1 is 1.34 bits per heavy atom. The Morgan fingerprint density at radius 2 is 2.10 bits per heavy atom. The van der Waals surface area contributed by atoms with Crippen LogP contribution in [0, 0.1) is 11.8 Å². The van der Waals surface area contributed by atoms with E-state index in [9.17, 15) is 18.6 Å². The SMILES string of the molecule is CCCCC#Cc1nc(N)c2ncn([C@@H]3O[C@H](CNS(C)(=O)=O)[C@@H](O)[C@H]3O)c2n1. The lowest BCUT2D eigenvalue weighted by Crippen LogP contribution is -2.39. The lowest BCUT2D eigenvalue weighted by molar-refractivity contribution is -0.0330. The topological polar surface area (TPSA) is 165 Å². The largest absolute Gasteiger partial charge is 0.387 e. The van der Waals surface area contributed by atoms with Crippen molar-refractivity contribution in [1.29, 1.82) is 0 Å². The number of anilines is 1. The molecule has 2 aromatic heterocycles. The van der Waals surface area contributed by atoms with Crippen LogP contribution in [0.3, 0.4) is 0 Å². The van der Waals surface area contributed by atoms with Gasteiger partial charge in [-0.2, -0.15) is 0 Å². The van der Waals surface area contributed by atoms with Crippen LogP contribution in [0.4, 0.5) is 5.82 Å². The molecule has 29 heavy (non-hydrogen) atoms. The van der Waals surface area contributed by atoms with Crippen LogP contribution in [0.15, 0.2) is 6.33 Å². The lowest BCUT2D eigenvalue weighted by Gasteiger charge is -2.16. The molecule has 0 spiro atoms. The molecule has 5 N–H and O–H groups in total. The molecule has 0 aromatic carbocycles. The normalized spacial score (nSPS) is 24.6. The number of nitrogen functional groups attached to an aromatic ring is 1. The Balaban J connectivity index is 1.88. The summed E-state index contributed by atoms with van der Waals surface area (Å²) in [7, 11) is -3.48. The fraction of sp³-hybridized carbons (Fsp3) is 0.588. The fourth-order valence-corrected chi connectivity index (χ4v) is 3.42. The van der Waals surface area contributed by atoms with Gasteiger partial charge in [-0.25, -0.2) is 28.1 Å². The maximum atomic E-state index is 11.3. The molecule has 0 saturated carbocycles. The third-order valence-corrected chi connectivity index (χ3v) is 5.15. The van der Waals surface area contributed by atoms with Crippen molar-refractivity contribution < 1.29 is 23.4 Å². The van der Waals surface area contributed by atoms with Gasteiger partial charge < -0.3 is 20.7 Å². The van der Waals surface area contributed by atoms with Crippen LogP contribution >= 0.6 is 0 Å². The second-order valence-electron chi connectivity index (χ2n) is 6.83. The van der Waals surface area contributed by atoms with Crippen LogP contribution < -0.4 is 10.5 Å². The lowest BCUT2D eigenvalue weighted by atomic mass is 10.1. The number of rotatable bonds is 6. The van der Waals surface area contributed by atoms with Gasteiger partial charge in [0.1, 0.15) is 23.8 Å². The average Bonchev–Trinajstić information content (AvgIpc) is 3.19. The first-order valence-corrected chi connectivity index (χ1v) is 11.1. The van der Waals surface area contributed by atoms with Crippen molar-refractivity contribution in [3.05, 3.63) is 12.2 Å². The van der Waals surface area contributed by atoms with Gasteiger partial charge in [0, 0.05) is 13.0 Å². The maximum Gasteiger partial charge on any atom is 0.208 e. The first-order chi connectivity index (χ1) is 13.7. The number of nitrogens with one attached hydrogen (secondary N) is 1. The first kappa shape index (κ1) is 21.4. The number of ether oxygens (including phenoxy) is 1. The standard InChI is InChI=1S/C17H24N6O5S/c1-3-4-5-6-7-11-21-15(18)12-16(22-11)23(9-19-12)17-14(25)13(24)10(28-17)8-20-29(2,26)27/h9-10,13-14,17,20,24-25H,3-5,8H2,1-2H3,(H2,18,21,22)/t10-,13-,14-,17-/m1/s1. The summed E-state index contributed by atoms with van der Waals surface area (Å²) in [5.74, 6) is 6.20. The summed E-state index contributed by atoms with van der Waals surface area (Å²) in [6.07, 6.45) is 0.456. The van der Waals surface area contributed by atoms with E-state index >= 15 is 0 Å². The molecule has 0 radical (unpaired) electrons. The van der Waals surface area contributed by atoms with Gasteiger partial charge in [-0.1, -0.05) is 19.3 Å². The fourth-order valence-electron chi connectivity index (χ4n) is 2.95. The zero-order valence-corrected chi connectivity index (χ0v) is 16.9. The molecule has 158 valence electrons. The van der Waals surface area contributed by atoms with Crippen LogP contribution in [0.5, 0.6) is 0 Å². The number of aromatic nitrogens is 4. The number of fused-ring (bicyclic) bond motifs is 1. The number of imidazole rings is 1. The molecule has 12 heteroatoms. The van der Waals surface area contributed by atoms with Crippen LogP contribution in [-0.4, -0.2) is 69.3 Å². The van der Waals surface area contributed by atoms with Crippen LogP contribution in [-0.2, 0) is 14.8 Å².